The average Bonchev–Trinajstić information content (AvgIpc) is 2.66. The SMILES string of the molecule is CNC[C@@H]1CC[C@H]2O[C@H]2C1. The van der Waals surface area contributed by atoms with Crippen molar-refractivity contribution >= 4 is 0 Å². The Morgan fingerprint density at radius 3 is 3.00 bits per heavy atom. The Bertz CT molecular complexity index is 126. The van der Waals surface area contributed by atoms with E-state index in [9.17, 15) is 0 Å². The summed E-state index contributed by atoms with van der Waals surface area (Å²) in [6, 6.07) is 0. The summed E-state index contributed by atoms with van der Waals surface area (Å²) in [5.74, 6) is 0.883. The van der Waals surface area contributed by atoms with Gasteiger partial charge in [0.2, 0.25) is 0 Å². The highest BCUT2D eigenvalue weighted by Gasteiger charge is 2.43. The average molecular weight is 141 g/mol. The molecule has 2 nitrogen and oxygen atoms in total. The summed E-state index contributed by atoms with van der Waals surface area (Å²) < 4.78 is 5.43. The Labute approximate surface area is 61.9 Å². The minimum atomic E-state index is 0.645. The summed E-state index contributed by atoms with van der Waals surface area (Å²) in [6.07, 6.45) is 5.27. The Hall–Kier alpha value is -0.0800. The van der Waals surface area contributed by atoms with E-state index in [1.54, 1.807) is 0 Å². The maximum Gasteiger partial charge on any atom is 0.0845 e. The minimum absolute atomic E-state index is 0.645. The molecule has 0 bridgehead atoms. The van der Waals surface area contributed by atoms with E-state index >= 15 is 0 Å². The van der Waals surface area contributed by atoms with Crippen LogP contribution < -0.4 is 5.32 Å². The third-order valence-corrected chi connectivity index (χ3v) is 2.61. The van der Waals surface area contributed by atoms with Gasteiger partial charge in [0.25, 0.3) is 0 Å². The molecule has 2 fully saturated rings. The van der Waals surface area contributed by atoms with Crippen molar-refractivity contribution < 1.29 is 4.74 Å². The van der Waals surface area contributed by atoms with Gasteiger partial charge >= 0.3 is 0 Å². The van der Waals surface area contributed by atoms with Gasteiger partial charge in [-0.25, -0.2) is 0 Å². The van der Waals surface area contributed by atoms with Gasteiger partial charge in [0.1, 0.15) is 0 Å². The Balaban J connectivity index is 1.77. The monoisotopic (exact) mass is 141 g/mol. The van der Waals surface area contributed by atoms with Crippen LogP contribution in [0.5, 0.6) is 0 Å². The van der Waals surface area contributed by atoms with Crippen LogP contribution in [0.3, 0.4) is 0 Å². The predicted molar refractivity (Wildman–Crippen MR) is 39.9 cm³/mol. The van der Waals surface area contributed by atoms with E-state index < -0.39 is 0 Å². The highest BCUT2D eigenvalue weighted by molar-refractivity contribution is 4.92. The van der Waals surface area contributed by atoms with Crippen LogP contribution in [0.4, 0.5) is 0 Å². The van der Waals surface area contributed by atoms with E-state index in [1.807, 2.05) is 7.05 Å². The third kappa shape index (κ3) is 1.18. The van der Waals surface area contributed by atoms with E-state index in [4.69, 9.17) is 4.74 Å². The fourth-order valence-corrected chi connectivity index (χ4v) is 1.96. The van der Waals surface area contributed by atoms with Crippen LogP contribution in [0.25, 0.3) is 0 Å². The van der Waals surface area contributed by atoms with E-state index in [0.717, 1.165) is 5.92 Å². The lowest BCUT2D eigenvalue weighted by molar-refractivity contribution is 0.357. The zero-order valence-corrected chi connectivity index (χ0v) is 6.47. The molecule has 3 atom stereocenters. The van der Waals surface area contributed by atoms with Crippen LogP contribution in [-0.4, -0.2) is 25.8 Å². The molecule has 0 spiro atoms. The van der Waals surface area contributed by atoms with Crippen molar-refractivity contribution in [2.24, 2.45) is 5.92 Å². The standard InChI is InChI=1S/C8H15NO/c1-9-5-6-2-3-7-8(4-6)10-7/h6-9H,2-5H2,1H3/t6-,7-,8+/m1/s1. The first-order valence-electron chi connectivity index (χ1n) is 4.20. The first kappa shape index (κ1) is 6.62. The fourth-order valence-electron chi connectivity index (χ4n) is 1.96. The zero-order valence-electron chi connectivity index (χ0n) is 6.47. The maximum absolute atomic E-state index is 5.43. The van der Waals surface area contributed by atoms with Crippen LogP contribution in [0.1, 0.15) is 19.3 Å². The molecule has 1 N–H and O–H groups in total. The molecule has 0 aromatic carbocycles. The molecule has 10 heavy (non-hydrogen) atoms. The number of rotatable bonds is 2. The smallest absolute Gasteiger partial charge is 0.0845 e. The van der Waals surface area contributed by atoms with Crippen molar-refractivity contribution in [3.05, 3.63) is 0 Å². The van der Waals surface area contributed by atoms with Crippen molar-refractivity contribution in [3.8, 4) is 0 Å². The van der Waals surface area contributed by atoms with Crippen LogP contribution in [0, 0.1) is 5.92 Å². The lowest BCUT2D eigenvalue weighted by Gasteiger charge is -2.17. The third-order valence-electron chi connectivity index (χ3n) is 2.61. The van der Waals surface area contributed by atoms with Gasteiger partial charge in [-0.1, -0.05) is 0 Å². The highest BCUT2D eigenvalue weighted by atomic mass is 16.6. The van der Waals surface area contributed by atoms with Crippen molar-refractivity contribution in [1.82, 2.24) is 5.32 Å². The summed E-state index contributed by atoms with van der Waals surface area (Å²) in [7, 11) is 2.03. The Morgan fingerprint density at radius 1 is 1.40 bits per heavy atom. The van der Waals surface area contributed by atoms with Gasteiger partial charge in [-0.2, -0.15) is 0 Å². The fraction of sp³-hybridized carbons (Fsp3) is 1.00. The van der Waals surface area contributed by atoms with Crippen molar-refractivity contribution in [1.29, 1.82) is 0 Å². The van der Waals surface area contributed by atoms with E-state index in [-0.39, 0.29) is 0 Å². The zero-order chi connectivity index (χ0) is 6.97. The summed E-state index contributed by atoms with van der Waals surface area (Å²) in [5.41, 5.74) is 0. The summed E-state index contributed by atoms with van der Waals surface area (Å²) in [4.78, 5) is 0. The first-order chi connectivity index (χ1) is 4.90. The van der Waals surface area contributed by atoms with Crippen molar-refractivity contribution in [3.63, 3.8) is 0 Å². The topological polar surface area (TPSA) is 24.6 Å². The molecule has 0 unspecified atom stereocenters. The van der Waals surface area contributed by atoms with Gasteiger partial charge in [0, 0.05) is 0 Å². The molecule has 2 aliphatic rings. The van der Waals surface area contributed by atoms with Crippen molar-refractivity contribution in [2.45, 2.75) is 31.5 Å². The highest BCUT2D eigenvalue weighted by Crippen LogP contribution is 2.38. The van der Waals surface area contributed by atoms with E-state index in [0.29, 0.717) is 12.2 Å². The molecule has 0 amide bonds. The van der Waals surface area contributed by atoms with Crippen LogP contribution >= 0.6 is 0 Å². The lowest BCUT2D eigenvalue weighted by atomic mass is 9.89. The second-order valence-corrected chi connectivity index (χ2v) is 3.45. The molecule has 1 heterocycles. The largest absolute Gasteiger partial charge is 0.370 e. The van der Waals surface area contributed by atoms with Crippen LogP contribution in [-0.2, 0) is 4.74 Å². The predicted octanol–water partition coefficient (Wildman–Crippen LogP) is 0.773. The van der Waals surface area contributed by atoms with E-state index in [2.05, 4.69) is 5.32 Å². The number of hydrogen-bond acceptors (Lipinski definition) is 2. The molecule has 0 aromatic heterocycles. The van der Waals surface area contributed by atoms with Gasteiger partial charge in [0.05, 0.1) is 12.2 Å². The normalized spacial score (nSPS) is 44.7. The number of epoxide rings is 1. The number of ether oxygens (including phenoxy) is 1. The molecule has 0 radical (unpaired) electrons. The lowest BCUT2D eigenvalue weighted by Crippen LogP contribution is -2.23. The van der Waals surface area contributed by atoms with Gasteiger partial charge in [-0.05, 0) is 38.8 Å². The number of fused-ring (bicyclic) bond motifs is 1. The molecule has 1 saturated heterocycles. The Kier molecular flexibility index (Phi) is 1.66. The quantitative estimate of drug-likeness (QED) is 0.574. The molecular weight excluding hydrogens is 126 g/mol. The second kappa shape index (κ2) is 2.51. The van der Waals surface area contributed by atoms with Crippen LogP contribution in [0.2, 0.25) is 0 Å². The molecule has 2 heteroatoms. The molecule has 1 saturated carbocycles. The maximum atomic E-state index is 5.43. The molecule has 1 aliphatic carbocycles. The summed E-state index contributed by atoms with van der Waals surface area (Å²) >= 11 is 0. The minimum Gasteiger partial charge on any atom is -0.370 e. The summed E-state index contributed by atoms with van der Waals surface area (Å²) in [6.45, 7) is 1.17. The molecule has 2 rings (SSSR count). The Morgan fingerprint density at radius 2 is 2.30 bits per heavy atom. The molecule has 1 aliphatic heterocycles. The van der Waals surface area contributed by atoms with Crippen LogP contribution in [0.15, 0.2) is 0 Å². The summed E-state index contributed by atoms with van der Waals surface area (Å²) in [5, 5.41) is 3.22. The van der Waals surface area contributed by atoms with Gasteiger partial charge < -0.3 is 10.1 Å². The van der Waals surface area contributed by atoms with Gasteiger partial charge in [-0.15, -0.1) is 0 Å². The number of nitrogens with one attached hydrogen (secondary N) is 1. The second-order valence-electron chi connectivity index (χ2n) is 3.45. The number of hydrogen-bond donors (Lipinski definition) is 1. The van der Waals surface area contributed by atoms with Gasteiger partial charge in [-0.3, -0.25) is 0 Å². The molecule has 58 valence electrons. The van der Waals surface area contributed by atoms with Gasteiger partial charge in [0.15, 0.2) is 0 Å². The molecule has 0 aromatic rings. The van der Waals surface area contributed by atoms with Crippen molar-refractivity contribution in [2.75, 3.05) is 13.6 Å². The van der Waals surface area contributed by atoms with E-state index in [1.165, 1.54) is 25.8 Å². The first-order valence-corrected chi connectivity index (χ1v) is 4.20. The molecular formula is C8H15NO.